The fraction of sp³-hybridized carbons (Fsp3) is 0.423. The summed E-state index contributed by atoms with van der Waals surface area (Å²) in [6.45, 7) is 2.53. The molecular formula is C26H33ClN6O3S. The van der Waals surface area contributed by atoms with Crippen LogP contribution >= 0.6 is 11.6 Å². The molecule has 0 bridgehead atoms. The van der Waals surface area contributed by atoms with Crippen molar-refractivity contribution in [2.45, 2.75) is 37.5 Å². The summed E-state index contributed by atoms with van der Waals surface area (Å²) in [4.78, 5) is 22.7. The van der Waals surface area contributed by atoms with E-state index < -0.39 is 10.0 Å². The summed E-state index contributed by atoms with van der Waals surface area (Å²) in [5.74, 6) is 1.99. The highest BCUT2D eigenvalue weighted by Gasteiger charge is 2.24. The van der Waals surface area contributed by atoms with Gasteiger partial charge in [-0.05, 0) is 67.9 Å². The molecule has 0 radical (unpaired) electrons. The molecule has 2 aromatic carbocycles. The van der Waals surface area contributed by atoms with Crippen LogP contribution in [-0.4, -0.2) is 51.5 Å². The first-order chi connectivity index (χ1) is 17.6. The molecular weight excluding hydrogens is 512 g/mol. The molecule has 0 saturated heterocycles. The Hall–Kier alpha value is -2.95. The number of anilines is 3. The van der Waals surface area contributed by atoms with Crippen LogP contribution in [0, 0.1) is 11.8 Å². The minimum absolute atomic E-state index is 0.0805. The van der Waals surface area contributed by atoms with E-state index in [2.05, 4.69) is 20.3 Å². The van der Waals surface area contributed by atoms with Gasteiger partial charge in [0, 0.05) is 39.5 Å². The van der Waals surface area contributed by atoms with Gasteiger partial charge in [0.1, 0.15) is 5.82 Å². The molecule has 198 valence electrons. The molecule has 11 heteroatoms. The van der Waals surface area contributed by atoms with Crippen molar-refractivity contribution in [1.82, 2.24) is 14.7 Å². The lowest BCUT2D eigenvalue weighted by Gasteiger charge is -2.28. The van der Waals surface area contributed by atoms with Crippen molar-refractivity contribution in [3.63, 3.8) is 0 Å². The molecule has 3 N–H and O–H groups in total. The van der Waals surface area contributed by atoms with E-state index in [1.54, 1.807) is 0 Å². The van der Waals surface area contributed by atoms with E-state index in [1.165, 1.54) is 25.1 Å². The van der Waals surface area contributed by atoms with Crippen LogP contribution in [0.1, 0.15) is 32.6 Å². The molecule has 9 nitrogen and oxygen atoms in total. The fourth-order valence-electron chi connectivity index (χ4n) is 4.62. The van der Waals surface area contributed by atoms with Gasteiger partial charge in [-0.2, -0.15) is 4.98 Å². The van der Waals surface area contributed by atoms with Crippen LogP contribution in [0.25, 0.3) is 10.9 Å². The van der Waals surface area contributed by atoms with Crippen molar-refractivity contribution in [3.8, 4) is 0 Å². The minimum Gasteiger partial charge on any atom is -0.362 e. The zero-order chi connectivity index (χ0) is 26.6. The first-order valence-corrected chi connectivity index (χ1v) is 14.2. The zero-order valence-electron chi connectivity index (χ0n) is 21.3. The Labute approximate surface area is 223 Å². The topological polar surface area (TPSA) is 116 Å². The van der Waals surface area contributed by atoms with Crippen molar-refractivity contribution >= 4 is 55.9 Å². The largest absolute Gasteiger partial charge is 0.362 e. The lowest BCUT2D eigenvalue weighted by Crippen LogP contribution is -2.32. The van der Waals surface area contributed by atoms with Gasteiger partial charge in [0.15, 0.2) is 0 Å². The van der Waals surface area contributed by atoms with Crippen molar-refractivity contribution in [2.24, 2.45) is 11.8 Å². The van der Waals surface area contributed by atoms with Crippen LogP contribution in [0.5, 0.6) is 0 Å². The molecule has 1 aliphatic rings. The molecule has 1 heterocycles. The number of carbonyl (C=O) groups is 1. The molecule has 1 saturated carbocycles. The molecule has 0 aliphatic heterocycles. The van der Waals surface area contributed by atoms with Gasteiger partial charge in [-0.15, -0.1) is 0 Å². The number of hydrogen-bond donors (Lipinski definition) is 3. The molecule has 0 spiro atoms. The van der Waals surface area contributed by atoms with Gasteiger partial charge in [0.25, 0.3) is 0 Å². The average molecular weight is 545 g/mol. The number of halogens is 1. The molecule has 1 aromatic heterocycles. The van der Waals surface area contributed by atoms with Crippen LogP contribution in [0.3, 0.4) is 0 Å². The highest BCUT2D eigenvalue weighted by Crippen LogP contribution is 2.30. The van der Waals surface area contributed by atoms with Gasteiger partial charge in [0.2, 0.25) is 21.9 Å². The van der Waals surface area contributed by atoms with Crippen molar-refractivity contribution in [3.05, 3.63) is 47.5 Å². The van der Waals surface area contributed by atoms with Crippen molar-refractivity contribution < 1.29 is 13.2 Å². The molecule has 0 unspecified atom stereocenters. The summed E-state index contributed by atoms with van der Waals surface area (Å²) < 4.78 is 28.3. The van der Waals surface area contributed by atoms with Crippen LogP contribution in [0.2, 0.25) is 5.02 Å². The van der Waals surface area contributed by atoms with Crippen molar-refractivity contribution in [2.75, 3.05) is 42.7 Å². The van der Waals surface area contributed by atoms with Gasteiger partial charge in [-0.1, -0.05) is 23.7 Å². The van der Waals surface area contributed by atoms with Gasteiger partial charge in [-0.3, -0.25) is 4.79 Å². The first-order valence-electron chi connectivity index (χ1n) is 12.4. The van der Waals surface area contributed by atoms with Crippen LogP contribution in [-0.2, 0) is 14.8 Å². The second-order valence-corrected chi connectivity index (χ2v) is 11.9. The number of hydrogen-bond acceptors (Lipinski definition) is 7. The van der Waals surface area contributed by atoms with Gasteiger partial charge >= 0.3 is 0 Å². The van der Waals surface area contributed by atoms with Crippen LogP contribution < -0.4 is 20.3 Å². The summed E-state index contributed by atoms with van der Waals surface area (Å²) in [7, 11) is 0.255. The van der Waals surface area contributed by atoms with E-state index in [4.69, 9.17) is 16.6 Å². The number of nitrogens with one attached hydrogen (secondary N) is 3. The quantitative estimate of drug-likeness (QED) is 0.363. The second kappa shape index (κ2) is 11.6. The lowest BCUT2D eigenvalue weighted by atomic mass is 9.82. The van der Waals surface area contributed by atoms with E-state index >= 15 is 0 Å². The third kappa shape index (κ3) is 6.88. The third-order valence-corrected chi connectivity index (χ3v) is 8.38. The summed E-state index contributed by atoms with van der Waals surface area (Å²) in [6.07, 6.45) is 3.90. The maximum Gasteiger partial charge on any atom is 0.240 e. The Bertz CT molecular complexity index is 1370. The second-order valence-electron chi connectivity index (χ2n) is 9.72. The summed E-state index contributed by atoms with van der Waals surface area (Å²) in [5.41, 5.74) is 1.29. The van der Waals surface area contributed by atoms with E-state index in [-0.39, 0.29) is 21.7 Å². The normalized spacial score (nSPS) is 17.9. The highest BCUT2D eigenvalue weighted by molar-refractivity contribution is 7.89. The number of benzene rings is 2. The molecule has 37 heavy (non-hydrogen) atoms. The first kappa shape index (κ1) is 27.1. The minimum atomic E-state index is -3.70. The molecule has 3 aromatic rings. The number of sulfonamides is 1. The number of rotatable bonds is 9. The number of carbonyl (C=O) groups excluding carboxylic acids is 1. The Morgan fingerprint density at radius 2 is 1.70 bits per heavy atom. The highest BCUT2D eigenvalue weighted by atomic mass is 35.5. The smallest absolute Gasteiger partial charge is 0.240 e. The van der Waals surface area contributed by atoms with Gasteiger partial charge in [-0.25, -0.2) is 18.1 Å². The predicted molar refractivity (Wildman–Crippen MR) is 149 cm³/mol. The molecule has 1 amide bonds. The van der Waals surface area contributed by atoms with Crippen LogP contribution in [0.4, 0.5) is 17.5 Å². The number of nitrogens with zero attached hydrogens (tertiary/aromatic N) is 3. The zero-order valence-corrected chi connectivity index (χ0v) is 22.9. The van der Waals surface area contributed by atoms with E-state index in [9.17, 15) is 13.2 Å². The van der Waals surface area contributed by atoms with Gasteiger partial charge < -0.3 is 15.5 Å². The summed E-state index contributed by atoms with van der Waals surface area (Å²) >= 11 is 6.15. The SMILES string of the molecule is CC(=O)Nc1ccc(S(=O)(=O)NC[C@H]2CC[C@H](CNc3nc(N(C)C)c4ccccc4n3)CC2)cc1Cl. The Kier molecular flexibility index (Phi) is 8.51. The Morgan fingerprint density at radius 3 is 2.35 bits per heavy atom. The standard InChI is InChI=1S/C26H33ClN6O3S/c1-17(34)30-24-13-12-20(14-22(24)27)37(35,36)29-16-19-10-8-18(9-11-19)15-28-26-31-23-7-5-4-6-21(23)25(32-26)33(2)3/h4-7,12-14,18-19,29H,8-11,15-16H2,1-3H3,(H,30,34)(H,28,31,32)/t18-,19-. The summed E-state index contributed by atoms with van der Waals surface area (Å²) in [5, 5.41) is 7.19. The molecule has 0 atom stereocenters. The molecule has 1 fully saturated rings. The average Bonchev–Trinajstić information content (AvgIpc) is 2.87. The van der Waals surface area contributed by atoms with E-state index in [1.807, 2.05) is 43.3 Å². The van der Waals surface area contributed by atoms with E-state index in [0.29, 0.717) is 24.1 Å². The third-order valence-electron chi connectivity index (χ3n) is 6.65. The number of aromatic nitrogens is 2. The molecule has 1 aliphatic carbocycles. The lowest BCUT2D eigenvalue weighted by molar-refractivity contribution is -0.114. The predicted octanol–water partition coefficient (Wildman–Crippen LogP) is 4.50. The molecule has 4 rings (SSSR count). The maximum atomic E-state index is 12.8. The Balaban J connectivity index is 1.28. The van der Waals surface area contributed by atoms with Gasteiger partial charge in [0.05, 0.1) is 21.1 Å². The number of amides is 1. The van der Waals surface area contributed by atoms with Crippen LogP contribution in [0.15, 0.2) is 47.4 Å². The number of para-hydroxylation sites is 1. The summed E-state index contributed by atoms with van der Waals surface area (Å²) in [6, 6.07) is 12.3. The maximum absolute atomic E-state index is 12.8. The fourth-order valence-corrected chi connectivity index (χ4v) is 6.05. The monoisotopic (exact) mass is 544 g/mol. The van der Waals surface area contributed by atoms with Crippen molar-refractivity contribution in [1.29, 1.82) is 0 Å². The number of fused-ring (bicyclic) bond motifs is 1. The Morgan fingerprint density at radius 1 is 1.03 bits per heavy atom. The van der Waals surface area contributed by atoms with E-state index in [0.717, 1.165) is 48.9 Å².